The molecule has 0 saturated carbocycles. The van der Waals surface area contributed by atoms with Crippen molar-refractivity contribution in [3.05, 3.63) is 40.1 Å². The van der Waals surface area contributed by atoms with E-state index in [1.165, 1.54) is 18.2 Å². The first-order valence-corrected chi connectivity index (χ1v) is 10.6. The first kappa shape index (κ1) is 19.1. The third-order valence-electron chi connectivity index (χ3n) is 4.05. The number of amides is 1. The van der Waals surface area contributed by atoms with E-state index in [0.717, 1.165) is 17.3 Å². The van der Waals surface area contributed by atoms with Crippen molar-refractivity contribution in [2.45, 2.75) is 32.2 Å². The Morgan fingerprint density at radius 2 is 2.21 bits per heavy atom. The fraction of sp³-hybridized carbons (Fsp3) is 0.471. The lowest BCUT2D eigenvalue weighted by atomic mass is 10.1. The average Bonchev–Trinajstić information content (AvgIpc) is 2.88. The Morgan fingerprint density at radius 1 is 1.46 bits per heavy atom. The van der Waals surface area contributed by atoms with Gasteiger partial charge in [-0.3, -0.25) is 4.79 Å². The van der Waals surface area contributed by atoms with Crippen molar-refractivity contribution < 1.29 is 17.6 Å². The van der Waals surface area contributed by atoms with Gasteiger partial charge in [0.05, 0.1) is 11.5 Å². The summed E-state index contributed by atoms with van der Waals surface area (Å²) in [5.74, 6) is -0.547. The van der Waals surface area contributed by atoms with E-state index in [1.807, 2.05) is 6.92 Å². The van der Waals surface area contributed by atoms with E-state index < -0.39 is 15.7 Å². The molecule has 1 fully saturated rings. The molecular formula is C17H21BrFNO3S. The molecule has 1 amide bonds. The number of sulfone groups is 1. The highest BCUT2D eigenvalue weighted by atomic mass is 79.9. The molecule has 0 radical (unpaired) electrons. The van der Waals surface area contributed by atoms with Gasteiger partial charge in [-0.05, 0) is 37.1 Å². The van der Waals surface area contributed by atoms with Crippen molar-refractivity contribution in [3.8, 4) is 0 Å². The zero-order valence-electron chi connectivity index (χ0n) is 13.5. The van der Waals surface area contributed by atoms with E-state index >= 15 is 0 Å². The van der Waals surface area contributed by atoms with Crippen LogP contribution in [-0.2, 0) is 14.6 Å². The molecule has 1 aliphatic heterocycles. The lowest BCUT2D eigenvalue weighted by molar-refractivity contribution is -0.127. The molecule has 24 heavy (non-hydrogen) atoms. The van der Waals surface area contributed by atoms with E-state index in [1.54, 1.807) is 17.0 Å². The fourth-order valence-corrected chi connectivity index (χ4v) is 4.83. The van der Waals surface area contributed by atoms with Crippen LogP contribution in [0.25, 0.3) is 6.08 Å². The Labute approximate surface area is 150 Å². The second-order valence-corrected chi connectivity index (χ2v) is 9.09. The predicted molar refractivity (Wildman–Crippen MR) is 96.8 cm³/mol. The van der Waals surface area contributed by atoms with Gasteiger partial charge in [-0.2, -0.15) is 0 Å². The molecule has 1 aromatic carbocycles. The van der Waals surface area contributed by atoms with Crippen LogP contribution in [0.1, 0.15) is 31.7 Å². The van der Waals surface area contributed by atoms with Crippen molar-refractivity contribution in [2.24, 2.45) is 0 Å². The van der Waals surface area contributed by atoms with Gasteiger partial charge in [0.2, 0.25) is 5.91 Å². The quantitative estimate of drug-likeness (QED) is 0.666. The van der Waals surface area contributed by atoms with Gasteiger partial charge in [0.1, 0.15) is 5.82 Å². The highest BCUT2D eigenvalue weighted by Gasteiger charge is 2.33. The van der Waals surface area contributed by atoms with Gasteiger partial charge in [0.25, 0.3) is 0 Å². The molecule has 2 rings (SSSR count). The van der Waals surface area contributed by atoms with Crippen LogP contribution in [0.5, 0.6) is 0 Å². The minimum absolute atomic E-state index is 0.0154. The molecule has 0 spiro atoms. The summed E-state index contributed by atoms with van der Waals surface area (Å²) in [6.45, 7) is 2.53. The number of benzene rings is 1. The number of hydrogen-bond donors (Lipinski definition) is 0. The first-order chi connectivity index (χ1) is 11.3. The van der Waals surface area contributed by atoms with Gasteiger partial charge in [0, 0.05) is 28.7 Å². The first-order valence-electron chi connectivity index (χ1n) is 7.96. The maximum Gasteiger partial charge on any atom is 0.246 e. The highest BCUT2D eigenvalue weighted by Crippen LogP contribution is 2.20. The predicted octanol–water partition coefficient (Wildman–Crippen LogP) is 3.42. The summed E-state index contributed by atoms with van der Waals surface area (Å²) in [5.41, 5.74) is 0.312. The lowest BCUT2D eigenvalue weighted by Crippen LogP contribution is -2.40. The Hall–Kier alpha value is -1.21. The van der Waals surface area contributed by atoms with Crippen LogP contribution in [0.2, 0.25) is 0 Å². The third kappa shape index (κ3) is 5.14. The number of nitrogens with zero attached hydrogens (tertiary/aromatic N) is 1. The zero-order valence-corrected chi connectivity index (χ0v) is 15.9. The molecule has 1 atom stereocenters. The molecule has 4 nitrogen and oxygen atoms in total. The topological polar surface area (TPSA) is 54.5 Å². The van der Waals surface area contributed by atoms with Gasteiger partial charge in [-0.15, -0.1) is 0 Å². The highest BCUT2D eigenvalue weighted by molar-refractivity contribution is 9.10. The Kier molecular flexibility index (Phi) is 6.57. The maximum absolute atomic E-state index is 13.8. The molecule has 7 heteroatoms. The fourth-order valence-electron chi connectivity index (χ4n) is 2.72. The minimum Gasteiger partial charge on any atom is -0.335 e. The van der Waals surface area contributed by atoms with E-state index in [9.17, 15) is 17.6 Å². The molecular weight excluding hydrogens is 397 g/mol. The second-order valence-electron chi connectivity index (χ2n) is 5.94. The molecule has 0 aliphatic carbocycles. The molecule has 0 bridgehead atoms. The molecule has 0 aromatic heterocycles. The number of halogens is 2. The van der Waals surface area contributed by atoms with E-state index in [2.05, 4.69) is 15.9 Å². The van der Waals surface area contributed by atoms with Gasteiger partial charge in [-0.1, -0.05) is 29.3 Å². The molecule has 1 saturated heterocycles. The van der Waals surface area contributed by atoms with Gasteiger partial charge < -0.3 is 4.90 Å². The van der Waals surface area contributed by atoms with Crippen LogP contribution in [0.3, 0.4) is 0 Å². The number of hydrogen-bond acceptors (Lipinski definition) is 3. The summed E-state index contributed by atoms with van der Waals surface area (Å²) < 4.78 is 37.9. The second kappa shape index (κ2) is 8.25. The molecule has 1 unspecified atom stereocenters. The van der Waals surface area contributed by atoms with E-state index in [-0.39, 0.29) is 23.5 Å². The largest absolute Gasteiger partial charge is 0.335 e. The molecule has 1 heterocycles. The van der Waals surface area contributed by atoms with Crippen LogP contribution in [0.15, 0.2) is 28.7 Å². The van der Waals surface area contributed by atoms with Crippen LogP contribution >= 0.6 is 15.9 Å². The Balaban J connectivity index is 2.15. The molecule has 1 aliphatic rings. The SMILES string of the molecule is CCCCN(C(=O)/C=C/c1cc(Br)ccc1F)C1CCS(=O)(=O)C1. The van der Waals surface area contributed by atoms with E-state index in [4.69, 9.17) is 0 Å². The van der Waals surface area contributed by atoms with Crippen molar-refractivity contribution in [2.75, 3.05) is 18.1 Å². The smallest absolute Gasteiger partial charge is 0.246 e. The van der Waals surface area contributed by atoms with Crippen molar-refractivity contribution in [1.29, 1.82) is 0 Å². The summed E-state index contributed by atoms with van der Waals surface area (Å²) in [5, 5.41) is 0. The maximum atomic E-state index is 13.8. The van der Waals surface area contributed by atoms with Gasteiger partial charge >= 0.3 is 0 Å². The van der Waals surface area contributed by atoms with Crippen molar-refractivity contribution >= 4 is 37.8 Å². The lowest BCUT2D eigenvalue weighted by Gasteiger charge is -2.27. The van der Waals surface area contributed by atoms with Gasteiger partial charge in [-0.25, -0.2) is 12.8 Å². The standard InChI is InChI=1S/C17H21BrFNO3S/c1-2-3-9-20(15-8-10-24(22,23)12-15)17(21)7-4-13-11-14(18)5-6-16(13)19/h4-7,11,15H,2-3,8-10,12H2,1H3/b7-4+. The van der Waals surface area contributed by atoms with Gasteiger partial charge in [0.15, 0.2) is 9.84 Å². The summed E-state index contributed by atoms with van der Waals surface area (Å²) >= 11 is 3.27. The third-order valence-corrected chi connectivity index (χ3v) is 6.29. The number of carbonyl (C=O) groups excluding carboxylic acids is 1. The minimum atomic E-state index is -3.06. The summed E-state index contributed by atoms with van der Waals surface area (Å²) in [4.78, 5) is 14.1. The summed E-state index contributed by atoms with van der Waals surface area (Å²) in [6, 6.07) is 4.22. The molecule has 132 valence electrons. The van der Waals surface area contributed by atoms with Crippen LogP contribution < -0.4 is 0 Å². The number of carbonyl (C=O) groups is 1. The molecule has 0 N–H and O–H groups in total. The summed E-state index contributed by atoms with van der Waals surface area (Å²) in [7, 11) is -3.06. The zero-order chi connectivity index (χ0) is 17.7. The Bertz CT molecular complexity index is 733. The normalized spacial score (nSPS) is 19.7. The number of rotatable bonds is 6. The van der Waals surface area contributed by atoms with Crippen molar-refractivity contribution in [1.82, 2.24) is 4.90 Å². The van der Waals surface area contributed by atoms with Crippen molar-refractivity contribution in [3.63, 3.8) is 0 Å². The molecule has 1 aromatic rings. The summed E-state index contributed by atoms with van der Waals surface area (Å²) in [6.07, 6.45) is 4.95. The van der Waals surface area contributed by atoms with Crippen LogP contribution in [0.4, 0.5) is 4.39 Å². The van der Waals surface area contributed by atoms with E-state index in [0.29, 0.717) is 18.5 Å². The Morgan fingerprint density at radius 3 is 2.83 bits per heavy atom. The van der Waals surface area contributed by atoms with Crippen LogP contribution in [-0.4, -0.2) is 43.3 Å². The monoisotopic (exact) mass is 417 g/mol. The number of unbranched alkanes of at least 4 members (excludes halogenated alkanes) is 1. The van der Waals surface area contributed by atoms with Crippen LogP contribution in [0, 0.1) is 5.82 Å². The average molecular weight is 418 g/mol.